The maximum absolute atomic E-state index is 4.34. The average Bonchev–Trinajstić information content (AvgIpc) is 2.77. The first-order valence-electron chi connectivity index (χ1n) is 9.06. The summed E-state index contributed by atoms with van der Waals surface area (Å²) >= 11 is 0. The van der Waals surface area contributed by atoms with Crippen LogP contribution in [0.2, 0.25) is 0 Å². The Morgan fingerprint density at radius 2 is 2.00 bits per heavy atom. The zero-order valence-electron chi connectivity index (χ0n) is 15.3. The molecule has 0 fully saturated rings. The Labute approximate surface area is 163 Å². The summed E-state index contributed by atoms with van der Waals surface area (Å²) in [6.45, 7) is 7.23. The highest BCUT2D eigenvalue weighted by Gasteiger charge is 2.14. The Kier molecular flexibility index (Phi) is 10.3. The largest absolute Gasteiger partial charge is 0.356 e. The average molecular weight is 448 g/mol. The van der Waals surface area contributed by atoms with Gasteiger partial charge in [-0.3, -0.25) is 4.99 Å². The van der Waals surface area contributed by atoms with Crippen LogP contribution in [0.5, 0.6) is 0 Å². The van der Waals surface area contributed by atoms with Gasteiger partial charge in [-0.15, -0.1) is 34.2 Å². The van der Waals surface area contributed by atoms with Crippen molar-refractivity contribution in [3.63, 3.8) is 0 Å². The van der Waals surface area contributed by atoms with Crippen LogP contribution in [-0.4, -0.2) is 34.3 Å². The second-order valence-electron chi connectivity index (χ2n) is 6.74. The van der Waals surface area contributed by atoms with E-state index >= 15 is 0 Å². The van der Waals surface area contributed by atoms with Crippen molar-refractivity contribution in [2.45, 2.75) is 71.9 Å². The van der Waals surface area contributed by atoms with E-state index in [0.29, 0.717) is 6.54 Å². The van der Waals surface area contributed by atoms with Crippen LogP contribution in [0, 0.1) is 5.92 Å². The van der Waals surface area contributed by atoms with Gasteiger partial charge in [0.25, 0.3) is 0 Å². The molecule has 1 aromatic heterocycles. The Morgan fingerprint density at radius 1 is 1.17 bits per heavy atom. The Balaban J connectivity index is 0.00000288. The number of aromatic nitrogens is 3. The molecule has 0 saturated heterocycles. The number of nitrogens with one attached hydrogen (secondary N) is 2. The van der Waals surface area contributed by atoms with Crippen LogP contribution in [0.15, 0.2) is 4.99 Å². The van der Waals surface area contributed by atoms with Crippen molar-refractivity contribution in [3.05, 3.63) is 11.6 Å². The lowest BCUT2D eigenvalue weighted by Gasteiger charge is -2.13. The van der Waals surface area contributed by atoms with Crippen molar-refractivity contribution in [3.8, 4) is 0 Å². The number of aryl methyl sites for hydroxylation is 1. The van der Waals surface area contributed by atoms with Crippen LogP contribution in [-0.2, 0) is 19.5 Å². The van der Waals surface area contributed by atoms with Crippen molar-refractivity contribution in [1.29, 1.82) is 0 Å². The number of rotatable bonds is 7. The van der Waals surface area contributed by atoms with Crippen molar-refractivity contribution in [1.82, 2.24) is 25.4 Å². The van der Waals surface area contributed by atoms with Crippen LogP contribution >= 0.6 is 24.0 Å². The number of hydrogen-bond acceptors (Lipinski definition) is 3. The van der Waals surface area contributed by atoms with E-state index in [1.54, 1.807) is 0 Å². The first-order chi connectivity index (χ1) is 11.2. The summed E-state index contributed by atoms with van der Waals surface area (Å²) in [4.78, 5) is 4.29. The lowest BCUT2D eigenvalue weighted by molar-refractivity contribution is 0.534. The van der Waals surface area contributed by atoms with Crippen molar-refractivity contribution >= 4 is 29.9 Å². The van der Waals surface area contributed by atoms with Gasteiger partial charge < -0.3 is 15.2 Å². The molecule has 0 spiro atoms. The molecule has 0 bridgehead atoms. The van der Waals surface area contributed by atoms with E-state index in [9.17, 15) is 0 Å². The van der Waals surface area contributed by atoms with Crippen molar-refractivity contribution < 1.29 is 0 Å². The molecule has 138 valence electrons. The number of guanidine groups is 1. The SMILES string of the molecule is CN=C(NCCCCC(C)C)NCc1nnc2n1CCCCC2.I. The minimum atomic E-state index is 0. The van der Waals surface area contributed by atoms with E-state index in [0.717, 1.165) is 43.0 Å². The predicted molar refractivity (Wildman–Crippen MR) is 110 cm³/mol. The molecule has 0 saturated carbocycles. The van der Waals surface area contributed by atoms with Crippen LogP contribution in [0.4, 0.5) is 0 Å². The molecule has 0 aromatic carbocycles. The van der Waals surface area contributed by atoms with Crippen LogP contribution < -0.4 is 10.6 Å². The molecule has 0 aliphatic carbocycles. The molecule has 0 amide bonds. The predicted octanol–water partition coefficient (Wildman–Crippen LogP) is 3.11. The number of fused-ring (bicyclic) bond motifs is 1. The molecule has 2 rings (SSSR count). The summed E-state index contributed by atoms with van der Waals surface area (Å²) in [5.41, 5.74) is 0. The molecule has 1 aliphatic heterocycles. The lowest BCUT2D eigenvalue weighted by Crippen LogP contribution is -2.38. The monoisotopic (exact) mass is 448 g/mol. The molecule has 0 radical (unpaired) electrons. The van der Waals surface area contributed by atoms with Gasteiger partial charge in [0.1, 0.15) is 5.82 Å². The Morgan fingerprint density at radius 3 is 2.75 bits per heavy atom. The summed E-state index contributed by atoms with van der Waals surface area (Å²) in [6, 6.07) is 0. The lowest BCUT2D eigenvalue weighted by atomic mass is 10.1. The van der Waals surface area contributed by atoms with E-state index in [4.69, 9.17) is 0 Å². The maximum atomic E-state index is 4.34. The summed E-state index contributed by atoms with van der Waals surface area (Å²) in [6.07, 6.45) is 8.52. The second kappa shape index (κ2) is 11.7. The van der Waals surface area contributed by atoms with E-state index < -0.39 is 0 Å². The smallest absolute Gasteiger partial charge is 0.191 e. The van der Waals surface area contributed by atoms with E-state index in [1.165, 1.54) is 38.5 Å². The third kappa shape index (κ3) is 6.94. The minimum Gasteiger partial charge on any atom is -0.356 e. The fraction of sp³-hybridized carbons (Fsp3) is 0.824. The molecule has 7 heteroatoms. The topological polar surface area (TPSA) is 67.1 Å². The number of aliphatic imine (C=N–C) groups is 1. The van der Waals surface area contributed by atoms with Crippen LogP contribution in [0.25, 0.3) is 0 Å². The molecule has 24 heavy (non-hydrogen) atoms. The van der Waals surface area contributed by atoms with Gasteiger partial charge in [0.2, 0.25) is 0 Å². The molecule has 2 N–H and O–H groups in total. The normalized spacial score (nSPS) is 14.8. The van der Waals surface area contributed by atoms with Gasteiger partial charge in [0, 0.05) is 26.6 Å². The minimum absolute atomic E-state index is 0. The third-order valence-corrected chi connectivity index (χ3v) is 4.32. The van der Waals surface area contributed by atoms with Gasteiger partial charge in [0.05, 0.1) is 6.54 Å². The quantitative estimate of drug-likeness (QED) is 0.291. The Hall–Kier alpha value is -0.860. The molecular weight excluding hydrogens is 415 g/mol. The fourth-order valence-corrected chi connectivity index (χ4v) is 2.94. The van der Waals surface area contributed by atoms with Gasteiger partial charge in [-0.25, -0.2) is 0 Å². The van der Waals surface area contributed by atoms with Gasteiger partial charge in [-0.2, -0.15) is 0 Å². The standard InChI is InChI=1S/C17H32N6.HI/c1-14(2)9-6-7-11-19-17(18-3)20-13-16-22-21-15-10-5-4-8-12-23(15)16;/h14H,4-13H2,1-3H3,(H2,18,19,20);1H. The highest BCUT2D eigenvalue weighted by Crippen LogP contribution is 2.14. The number of unbranched alkanes of at least 4 members (excludes halogenated alkanes) is 1. The maximum Gasteiger partial charge on any atom is 0.191 e. The molecule has 6 nitrogen and oxygen atoms in total. The number of nitrogens with zero attached hydrogens (tertiary/aromatic N) is 4. The summed E-state index contributed by atoms with van der Waals surface area (Å²) in [5, 5.41) is 15.4. The van der Waals surface area contributed by atoms with Crippen molar-refractivity contribution in [2.75, 3.05) is 13.6 Å². The number of hydrogen-bond donors (Lipinski definition) is 2. The molecule has 0 unspecified atom stereocenters. The van der Waals surface area contributed by atoms with Gasteiger partial charge >= 0.3 is 0 Å². The fourth-order valence-electron chi connectivity index (χ4n) is 2.94. The molecule has 1 aromatic rings. The molecular formula is C17H33IN6. The van der Waals surface area contributed by atoms with Crippen LogP contribution in [0.1, 0.15) is 64.0 Å². The highest BCUT2D eigenvalue weighted by molar-refractivity contribution is 14.0. The van der Waals surface area contributed by atoms with E-state index in [1.807, 2.05) is 7.05 Å². The summed E-state index contributed by atoms with van der Waals surface area (Å²) < 4.78 is 2.27. The van der Waals surface area contributed by atoms with Gasteiger partial charge in [-0.05, 0) is 25.2 Å². The van der Waals surface area contributed by atoms with Crippen LogP contribution in [0.3, 0.4) is 0 Å². The zero-order chi connectivity index (χ0) is 16.5. The first kappa shape index (κ1) is 21.2. The molecule has 0 atom stereocenters. The van der Waals surface area contributed by atoms with Gasteiger partial charge in [-0.1, -0.05) is 33.1 Å². The van der Waals surface area contributed by atoms with Crippen molar-refractivity contribution in [2.24, 2.45) is 10.9 Å². The highest BCUT2D eigenvalue weighted by atomic mass is 127. The van der Waals surface area contributed by atoms with E-state index in [2.05, 4.69) is 44.2 Å². The Bertz CT molecular complexity index is 497. The number of halogens is 1. The summed E-state index contributed by atoms with van der Waals surface area (Å²) in [7, 11) is 1.81. The first-order valence-corrected chi connectivity index (χ1v) is 9.06. The summed E-state index contributed by atoms with van der Waals surface area (Å²) in [5.74, 6) is 3.79. The second-order valence-corrected chi connectivity index (χ2v) is 6.74. The molecule has 1 aliphatic rings. The third-order valence-electron chi connectivity index (χ3n) is 4.32. The van der Waals surface area contributed by atoms with E-state index in [-0.39, 0.29) is 24.0 Å². The zero-order valence-corrected chi connectivity index (χ0v) is 17.7. The molecule has 2 heterocycles. The van der Waals surface area contributed by atoms with Gasteiger partial charge in [0.15, 0.2) is 11.8 Å².